The fraction of sp³-hybridized carbons (Fsp3) is 0.882. The Morgan fingerprint density at radius 3 is 1.61 bits per heavy atom. The van der Waals surface area contributed by atoms with Gasteiger partial charge in [0, 0.05) is 0 Å². The first-order valence-electron chi connectivity index (χ1n) is 8.29. The second-order valence-electron chi connectivity index (χ2n) is 6.13. The zero-order valence-electron chi connectivity index (χ0n) is 12.9. The van der Waals surface area contributed by atoms with Crippen molar-refractivity contribution in [3.8, 4) is 9.86 Å². The van der Waals surface area contributed by atoms with Crippen LogP contribution < -0.4 is 0 Å². The molecule has 0 nitrogen and oxygen atoms in total. The molecule has 1 aliphatic rings. The molecule has 0 aromatic carbocycles. The summed E-state index contributed by atoms with van der Waals surface area (Å²) in [5.41, 5.74) is 0. The molecule has 0 atom stereocenters. The minimum atomic E-state index is -2.07. The molecule has 0 aromatic heterocycles. The minimum absolute atomic E-state index is 0.811. The Labute approximate surface area is 119 Å². The molecule has 1 fully saturated rings. The van der Waals surface area contributed by atoms with Gasteiger partial charge in [0.1, 0.15) is 0 Å². The first-order chi connectivity index (χ1) is 8.76. The first kappa shape index (κ1) is 16.4. The van der Waals surface area contributed by atoms with Crippen molar-refractivity contribution in [3.63, 3.8) is 0 Å². The molecule has 1 rings (SSSR count). The van der Waals surface area contributed by atoms with E-state index in [4.69, 9.17) is 0 Å². The molecule has 18 heavy (non-hydrogen) atoms. The van der Waals surface area contributed by atoms with Crippen LogP contribution in [0.1, 0.15) is 72.1 Å². The molecular weight excluding hydrogens is 323 g/mol. The van der Waals surface area contributed by atoms with Crippen LogP contribution in [0.5, 0.6) is 0 Å². The quantitative estimate of drug-likeness (QED) is 0.363. The summed E-state index contributed by atoms with van der Waals surface area (Å²) in [5.74, 6) is 4.48. The van der Waals surface area contributed by atoms with Gasteiger partial charge in [-0.15, -0.1) is 0 Å². The third-order valence-electron chi connectivity index (χ3n) is 4.15. The van der Waals surface area contributed by atoms with E-state index in [0.29, 0.717) is 0 Å². The van der Waals surface area contributed by atoms with Crippen molar-refractivity contribution < 1.29 is 0 Å². The molecule has 0 unspecified atom stereocenters. The third-order valence-corrected chi connectivity index (χ3v) is 17.3. The molecule has 0 aromatic rings. The van der Waals surface area contributed by atoms with Gasteiger partial charge in [-0.05, 0) is 0 Å². The Balaban J connectivity index is 2.66. The van der Waals surface area contributed by atoms with Crippen LogP contribution >= 0.6 is 0 Å². The summed E-state index contributed by atoms with van der Waals surface area (Å²) in [4.78, 5) is 0. The molecular formula is C17H32Sn. The van der Waals surface area contributed by atoms with Gasteiger partial charge in [0.2, 0.25) is 0 Å². The van der Waals surface area contributed by atoms with Crippen LogP contribution in [0.4, 0.5) is 0 Å². The molecule has 1 heteroatoms. The summed E-state index contributed by atoms with van der Waals surface area (Å²) in [6.45, 7) is 7.01. The summed E-state index contributed by atoms with van der Waals surface area (Å²) in [6.07, 6.45) is 11.2. The number of hydrogen-bond acceptors (Lipinski definition) is 0. The Morgan fingerprint density at radius 1 is 0.833 bits per heavy atom. The molecule has 0 aliphatic heterocycles. The average Bonchev–Trinajstić information content (AvgIpc) is 3.21. The fourth-order valence-electron chi connectivity index (χ4n) is 2.59. The van der Waals surface area contributed by atoms with Crippen molar-refractivity contribution >= 4 is 18.4 Å². The second kappa shape index (κ2) is 9.29. The van der Waals surface area contributed by atoms with E-state index in [1.54, 1.807) is 13.3 Å². The summed E-state index contributed by atoms with van der Waals surface area (Å²) in [7, 11) is 0. The van der Waals surface area contributed by atoms with E-state index in [2.05, 4.69) is 30.6 Å². The van der Waals surface area contributed by atoms with Gasteiger partial charge >= 0.3 is 120 Å². The van der Waals surface area contributed by atoms with Gasteiger partial charge in [-0.25, -0.2) is 0 Å². The molecule has 1 saturated carbocycles. The third kappa shape index (κ3) is 6.50. The van der Waals surface area contributed by atoms with Crippen LogP contribution in [0.3, 0.4) is 0 Å². The monoisotopic (exact) mass is 356 g/mol. The number of rotatable bonds is 9. The van der Waals surface area contributed by atoms with Gasteiger partial charge in [-0.1, -0.05) is 0 Å². The van der Waals surface area contributed by atoms with Gasteiger partial charge in [0.15, 0.2) is 0 Å². The van der Waals surface area contributed by atoms with Crippen molar-refractivity contribution in [2.24, 2.45) is 5.92 Å². The molecule has 0 spiro atoms. The topological polar surface area (TPSA) is 0 Å². The van der Waals surface area contributed by atoms with Crippen LogP contribution in [0.2, 0.25) is 13.3 Å². The fourth-order valence-corrected chi connectivity index (χ4v) is 16.1. The number of unbranched alkanes of at least 4 members (excludes halogenated alkanes) is 3. The van der Waals surface area contributed by atoms with Crippen molar-refractivity contribution in [2.45, 2.75) is 85.4 Å². The van der Waals surface area contributed by atoms with Gasteiger partial charge in [0.25, 0.3) is 0 Å². The van der Waals surface area contributed by atoms with Crippen LogP contribution in [0, 0.1) is 15.8 Å². The molecule has 1 aliphatic carbocycles. The van der Waals surface area contributed by atoms with Gasteiger partial charge in [0.05, 0.1) is 0 Å². The van der Waals surface area contributed by atoms with Crippen LogP contribution in [-0.4, -0.2) is 18.4 Å². The zero-order valence-corrected chi connectivity index (χ0v) is 15.7. The molecule has 0 N–H and O–H groups in total. The van der Waals surface area contributed by atoms with E-state index in [0.717, 1.165) is 5.92 Å². The average molecular weight is 355 g/mol. The van der Waals surface area contributed by atoms with Crippen molar-refractivity contribution in [2.75, 3.05) is 0 Å². The van der Waals surface area contributed by atoms with Gasteiger partial charge in [-0.3, -0.25) is 0 Å². The van der Waals surface area contributed by atoms with Crippen LogP contribution in [0.15, 0.2) is 0 Å². The summed E-state index contributed by atoms with van der Waals surface area (Å²) < 4.78 is 8.60. The summed E-state index contributed by atoms with van der Waals surface area (Å²) in [6, 6.07) is 0. The van der Waals surface area contributed by atoms with Crippen LogP contribution in [-0.2, 0) is 0 Å². The summed E-state index contributed by atoms with van der Waals surface area (Å²) >= 11 is -2.07. The van der Waals surface area contributed by atoms with Gasteiger partial charge in [-0.2, -0.15) is 0 Å². The molecule has 0 heterocycles. The Hall–Kier alpha value is 0.359. The first-order valence-corrected chi connectivity index (χ1v) is 15.8. The molecule has 104 valence electrons. The molecule has 0 bridgehead atoms. The SMILES string of the molecule is CCC[CH2][Sn]([C]#CC1CC1)([CH2]CCC)[CH2]CCC. The maximum atomic E-state index is 3.96. The molecule has 0 amide bonds. The van der Waals surface area contributed by atoms with E-state index in [-0.39, 0.29) is 0 Å². The normalized spacial score (nSPS) is 15.3. The predicted octanol–water partition coefficient (Wildman–Crippen LogP) is 5.79. The van der Waals surface area contributed by atoms with Crippen molar-refractivity contribution in [1.29, 1.82) is 0 Å². The number of hydrogen-bond donors (Lipinski definition) is 0. The van der Waals surface area contributed by atoms with Crippen molar-refractivity contribution in [3.05, 3.63) is 0 Å². The van der Waals surface area contributed by atoms with E-state index >= 15 is 0 Å². The van der Waals surface area contributed by atoms with Gasteiger partial charge < -0.3 is 0 Å². The standard InChI is InChI=1S/C5H5.3C4H9.Sn/c1-2-5-3-4-5;3*1-3-4-2;/h5H,3-4H2;3*1,3-4H2,2H3;. The van der Waals surface area contributed by atoms with E-state index in [1.807, 2.05) is 0 Å². The Bertz CT molecular complexity index is 245. The van der Waals surface area contributed by atoms with Crippen molar-refractivity contribution in [1.82, 2.24) is 0 Å². The molecule has 0 radical (unpaired) electrons. The van der Waals surface area contributed by atoms with E-state index in [1.165, 1.54) is 51.4 Å². The Kier molecular flexibility index (Phi) is 8.47. The molecule has 0 saturated heterocycles. The van der Waals surface area contributed by atoms with E-state index < -0.39 is 18.4 Å². The maximum absolute atomic E-state index is 3.96. The summed E-state index contributed by atoms with van der Waals surface area (Å²) in [5, 5.41) is 0. The zero-order chi connectivity index (χ0) is 13.3. The predicted molar refractivity (Wildman–Crippen MR) is 85.4 cm³/mol. The second-order valence-corrected chi connectivity index (χ2v) is 18.4. The van der Waals surface area contributed by atoms with Crippen LogP contribution in [0.25, 0.3) is 0 Å². The van der Waals surface area contributed by atoms with E-state index in [9.17, 15) is 0 Å². The Morgan fingerprint density at radius 2 is 1.28 bits per heavy atom.